The number of nitrogens with zero attached hydrogens (tertiary/aromatic N) is 1. The maximum atomic E-state index is 12.0. The molecule has 1 N–H and O–H groups in total. The van der Waals surface area contributed by atoms with Gasteiger partial charge in [-0.25, -0.2) is 9.59 Å². The lowest BCUT2D eigenvalue weighted by atomic mass is 9.99. The lowest BCUT2D eigenvalue weighted by molar-refractivity contribution is -0.148. The van der Waals surface area contributed by atoms with Crippen molar-refractivity contribution in [1.29, 1.82) is 0 Å². The fraction of sp³-hybridized carbons (Fsp3) is 0.571. The van der Waals surface area contributed by atoms with Crippen LogP contribution in [-0.4, -0.2) is 42.2 Å². The van der Waals surface area contributed by atoms with Crippen LogP contribution in [0.4, 0.5) is 0 Å². The van der Waals surface area contributed by atoms with Crippen LogP contribution in [0.25, 0.3) is 6.08 Å². The van der Waals surface area contributed by atoms with Gasteiger partial charge in [-0.2, -0.15) is 0 Å². The third kappa shape index (κ3) is 5.47. The molecular weight excluding hydrogens is 360 g/mol. The number of esters is 2. The minimum absolute atomic E-state index is 0.0892. The number of nitrogens with one attached hydrogen (secondary N) is 1. The van der Waals surface area contributed by atoms with Crippen molar-refractivity contribution in [2.75, 3.05) is 13.7 Å². The SMILES string of the molecule is CC[C@H](C)[C@@H](NC(=O)COC(=O)/C=C/c1cc(C)n(C2CC2)c1C)C(=O)OC. The second kappa shape index (κ2) is 9.57. The Bertz CT molecular complexity index is 761. The van der Waals surface area contributed by atoms with E-state index in [9.17, 15) is 14.4 Å². The first kappa shape index (κ1) is 21.7. The number of aromatic nitrogens is 1. The van der Waals surface area contributed by atoms with E-state index in [1.54, 1.807) is 6.08 Å². The number of amides is 1. The largest absolute Gasteiger partial charge is 0.467 e. The molecule has 1 fully saturated rings. The summed E-state index contributed by atoms with van der Waals surface area (Å²) in [7, 11) is 1.27. The second-order valence-electron chi connectivity index (χ2n) is 7.32. The Morgan fingerprint density at radius 3 is 2.57 bits per heavy atom. The molecule has 0 aromatic carbocycles. The van der Waals surface area contributed by atoms with E-state index < -0.39 is 30.5 Å². The summed E-state index contributed by atoms with van der Waals surface area (Å²) in [6, 6.07) is 1.85. The van der Waals surface area contributed by atoms with Crippen LogP contribution in [0.1, 0.15) is 56.1 Å². The minimum atomic E-state index is -0.760. The molecule has 0 bridgehead atoms. The highest BCUT2D eigenvalue weighted by molar-refractivity contribution is 5.90. The molecule has 154 valence electrons. The third-order valence-electron chi connectivity index (χ3n) is 5.16. The molecule has 2 atom stereocenters. The molecule has 1 aromatic heterocycles. The molecule has 0 radical (unpaired) electrons. The van der Waals surface area contributed by atoms with Crippen molar-refractivity contribution in [1.82, 2.24) is 9.88 Å². The van der Waals surface area contributed by atoms with E-state index in [-0.39, 0.29) is 5.92 Å². The molecule has 28 heavy (non-hydrogen) atoms. The zero-order valence-electron chi connectivity index (χ0n) is 17.3. The average molecular weight is 390 g/mol. The molecule has 1 aliphatic rings. The van der Waals surface area contributed by atoms with Gasteiger partial charge in [-0.15, -0.1) is 0 Å². The summed E-state index contributed by atoms with van der Waals surface area (Å²) >= 11 is 0. The first-order valence-corrected chi connectivity index (χ1v) is 9.68. The smallest absolute Gasteiger partial charge is 0.331 e. The highest BCUT2D eigenvalue weighted by Gasteiger charge is 2.27. The monoisotopic (exact) mass is 390 g/mol. The van der Waals surface area contributed by atoms with E-state index in [4.69, 9.17) is 9.47 Å². The fourth-order valence-corrected chi connectivity index (χ4v) is 3.22. The van der Waals surface area contributed by atoms with E-state index >= 15 is 0 Å². The number of methoxy groups -OCH3 is 1. The first-order valence-electron chi connectivity index (χ1n) is 9.68. The lowest BCUT2D eigenvalue weighted by Gasteiger charge is -2.21. The number of carbonyl (C=O) groups is 3. The van der Waals surface area contributed by atoms with Crippen molar-refractivity contribution in [2.24, 2.45) is 5.92 Å². The topological polar surface area (TPSA) is 86.6 Å². The highest BCUT2D eigenvalue weighted by atomic mass is 16.5. The van der Waals surface area contributed by atoms with Gasteiger partial charge in [0.2, 0.25) is 0 Å². The van der Waals surface area contributed by atoms with Crippen molar-refractivity contribution in [3.63, 3.8) is 0 Å². The van der Waals surface area contributed by atoms with Crippen molar-refractivity contribution >= 4 is 23.9 Å². The van der Waals surface area contributed by atoms with Crippen LogP contribution in [0, 0.1) is 19.8 Å². The molecule has 0 aliphatic heterocycles. The molecule has 7 heteroatoms. The van der Waals surface area contributed by atoms with Gasteiger partial charge in [-0.3, -0.25) is 4.79 Å². The molecule has 1 saturated carbocycles. The van der Waals surface area contributed by atoms with Gasteiger partial charge < -0.3 is 19.4 Å². The van der Waals surface area contributed by atoms with Gasteiger partial charge in [0, 0.05) is 23.5 Å². The van der Waals surface area contributed by atoms with Crippen LogP contribution < -0.4 is 5.32 Å². The van der Waals surface area contributed by atoms with Gasteiger partial charge in [0.1, 0.15) is 6.04 Å². The van der Waals surface area contributed by atoms with Crippen LogP contribution >= 0.6 is 0 Å². The van der Waals surface area contributed by atoms with Gasteiger partial charge in [-0.1, -0.05) is 20.3 Å². The standard InChI is InChI=1S/C21H30N2O5/c1-6-13(2)20(21(26)27-5)22-18(24)12-28-19(25)10-7-16-11-14(3)23(15(16)4)17-8-9-17/h7,10-11,13,17,20H,6,8-9,12H2,1-5H3,(H,22,24)/b10-7+/t13-,20+/m0/s1. The van der Waals surface area contributed by atoms with E-state index in [2.05, 4.69) is 16.8 Å². The molecule has 0 unspecified atom stereocenters. The molecule has 1 aliphatic carbocycles. The number of rotatable bonds is 9. The van der Waals surface area contributed by atoms with Crippen LogP contribution in [0.15, 0.2) is 12.1 Å². The zero-order valence-corrected chi connectivity index (χ0v) is 17.3. The molecule has 0 saturated heterocycles. The summed E-state index contributed by atoms with van der Waals surface area (Å²) in [4.78, 5) is 35.8. The number of hydrogen-bond donors (Lipinski definition) is 1. The summed E-state index contributed by atoms with van der Waals surface area (Å²) in [6.07, 6.45) is 6.11. The highest BCUT2D eigenvalue weighted by Crippen LogP contribution is 2.38. The summed E-state index contributed by atoms with van der Waals surface area (Å²) < 4.78 is 12.0. The van der Waals surface area contributed by atoms with E-state index in [0.717, 1.165) is 11.3 Å². The lowest BCUT2D eigenvalue weighted by Crippen LogP contribution is -2.47. The van der Waals surface area contributed by atoms with Gasteiger partial charge in [0.05, 0.1) is 7.11 Å². The van der Waals surface area contributed by atoms with Crippen LogP contribution in [0.5, 0.6) is 0 Å². The average Bonchev–Trinajstić information content (AvgIpc) is 3.46. The predicted molar refractivity (Wildman–Crippen MR) is 106 cm³/mol. The van der Waals surface area contributed by atoms with E-state index in [0.29, 0.717) is 12.5 Å². The Labute approximate surface area is 166 Å². The van der Waals surface area contributed by atoms with Crippen molar-refractivity contribution in [3.05, 3.63) is 29.1 Å². The van der Waals surface area contributed by atoms with Crippen molar-refractivity contribution in [2.45, 2.75) is 59.0 Å². The zero-order chi connectivity index (χ0) is 20.8. The number of ether oxygens (including phenoxy) is 2. The van der Waals surface area contributed by atoms with Gasteiger partial charge >= 0.3 is 11.9 Å². The quantitative estimate of drug-likeness (QED) is 0.517. The molecular formula is C21H30N2O5. The fourth-order valence-electron chi connectivity index (χ4n) is 3.22. The molecule has 0 spiro atoms. The number of hydrogen-bond acceptors (Lipinski definition) is 5. The Morgan fingerprint density at radius 1 is 1.32 bits per heavy atom. The Hall–Kier alpha value is -2.57. The predicted octanol–water partition coefficient (Wildman–Crippen LogP) is 2.70. The van der Waals surface area contributed by atoms with Crippen molar-refractivity contribution < 1.29 is 23.9 Å². The molecule has 1 aromatic rings. The molecule has 2 rings (SSSR count). The first-order chi connectivity index (χ1) is 13.3. The number of carbonyl (C=O) groups excluding carboxylic acids is 3. The van der Waals surface area contributed by atoms with E-state index in [1.165, 1.54) is 31.7 Å². The maximum absolute atomic E-state index is 12.0. The second-order valence-corrected chi connectivity index (χ2v) is 7.32. The molecule has 7 nitrogen and oxygen atoms in total. The van der Waals surface area contributed by atoms with Crippen LogP contribution in [0.2, 0.25) is 0 Å². The molecule has 1 heterocycles. The van der Waals surface area contributed by atoms with E-state index in [1.807, 2.05) is 26.8 Å². The van der Waals surface area contributed by atoms with Crippen LogP contribution in [0.3, 0.4) is 0 Å². The summed E-state index contributed by atoms with van der Waals surface area (Å²) in [5.74, 6) is -1.75. The van der Waals surface area contributed by atoms with Gasteiger partial charge in [0.15, 0.2) is 6.61 Å². The third-order valence-corrected chi connectivity index (χ3v) is 5.16. The van der Waals surface area contributed by atoms with Crippen molar-refractivity contribution in [3.8, 4) is 0 Å². The Balaban J connectivity index is 1.88. The minimum Gasteiger partial charge on any atom is -0.467 e. The van der Waals surface area contributed by atoms with Gasteiger partial charge in [0.25, 0.3) is 5.91 Å². The summed E-state index contributed by atoms with van der Waals surface area (Å²) in [6.45, 7) is 7.40. The Kier molecular flexibility index (Phi) is 7.43. The Morgan fingerprint density at radius 2 is 2.00 bits per heavy atom. The van der Waals surface area contributed by atoms with Crippen LogP contribution in [-0.2, 0) is 23.9 Å². The maximum Gasteiger partial charge on any atom is 0.331 e. The van der Waals surface area contributed by atoms with Gasteiger partial charge in [-0.05, 0) is 50.3 Å². The summed E-state index contributed by atoms with van der Waals surface area (Å²) in [5.41, 5.74) is 3.26. The number of aryl methyl sites for hydroxylation is 1. The summed E-state index contributed by atoms with van der Waals surface area (Å²) in [5, 5.41) is 2.57. The normalized spacial score (nSPS) is 15.9. The molecule has 1 amide bonds.